The Balaban J connectivity index is 1.43. The lowest BCUT2D eigenvalue weighted by atomic mass is 9.93. The number of nitrogens with two attached hydrogens (primary N) is 1. The van der Waals surface area contributed by atoms with Crippen molar-refractivity contribution in [1.29, 1.82) is 0 Å². The van der Waals surface area contributed by atoms with Crippen LogP contribution in [0.2, 0.25) is 0 Å². The van der Waals surface area contributed by atoms with Gasteiger partial charge >= 0.3 is 5.97 Å². The summed E-state index contributed by atoms with van der Waals surface area (Å²) in [6.07, 6.45) is 5.10. The maximum Gasteiger partial charge on any atom is 0.307 e. The Kier molecular flexibility index (Phi) is 5.75. The van der Waals surface area contributed by atoms with Gasteiger partial charge in [-0.05, 0) is 72.5 Å². The van der Waals surface area contributed by atoms with Gasteiger partial charge in [-0.15, -0.1) is 0 Å². The third-order valence-electron chi connectivity index (χ3n) is 7.28. The number of aromatic nitrogens is 3. The van der Waals surface area contributed by atoms with Crippen LogP contribution in [-0.2, 0) is 17.8 Å². The number of fused-ring (bicyclic) bond motifs is 2. The summed E-state index contributed by atoms with van der Waals surface area (Å²) in [6, 6.07) is 20.6. The molecule has 0 aliphatic heterocycles. The number of anilines is 1. The minimum absolute atomic E-state index is 0.0872. The van der Waals surface area contributed by atoms with Crippen molar-refractivity contribution >= 4 is 33.5 Å². The monoisotopic (exact) mass is 492 g/mol. The lowest BCUT2D eigenvalue weighted by Gasteiger charge is -2.26. The Morgan fingerprint density at radius 3 is 2.73 bits per heavy atom. The van der Waals surface area contributed by atoms with Crippen LogP contribution in [0.3, 0.4) is 0 Å². The average Bonchev–Trinajstić information content (AvgIpc) is 3.20. The largest absolute Gasteiger partial charge is 0.487 e. The van der Waals surface area contributed by atoms with Crippen LogP contribution in [0.15, 0.2) is 66.9 Å². The molecule has 37 heavy (non-hydrogen) atoms. The summed E-state index contributed by atoms with van der Waals surface area (Å²) < 4.78 is 8.36. The van der Waals surface area contributed by atoms with Gasteiger partial charge in [-0.25, -0.2) is 4.98 Å². The topological polar surface area (TPSA) is 103 Å². The Hall–Kier alpha value is -4.39. The molecule has 0 spiro atoms. The van der Waals surface area contributed by atoms with Crippen molar-refractivity contribution in [3.8, 4) is 16.9 Å². The van der Waals surface area contributed by atoms with Crippen LogP contribution in [0.1, 0.15) is 42.1 Å². The summed E-state index contributed by atoms with van der Waals surface area (Å²) in [7, 11) is 0. The maximum atomic E-state index is 11.4. The van der Waals surface area contributed by atoms with E-state index in [2.05, 4.69) is 33.9 Å². The molecule has 0 bridgehead atoms. The summed E-state index contributed by atoms with van der Waals surface area (Å²) in [6.45, 7) is 2.22. The highest BCUT2D eigenvalue weighted by atomic mass is 16.5. The van der Waals surface area contributed by atoms with E-state index >= 15 is 0 Å². The number of aryl methyl sites for hydroxylation is 1. The number of ether oxygens (including phenoxy) is 1. The fourth-order valence-corrected chi connectivity index (χ4v) is 5.12. The van der Waals surface area contributed by atoms with E-state index in [1.54, 1.807) is 6.20 Å². The molecule has 2 aromatic heterocycles. The van der Waals surface area contributed by atoms with Crippen LogP contribution in [0.5, 0.6) is 5.75 Å². The highest BCUT2D eigenvalue weighted by molar-refractivity contribution is 6.02. The van der Waals surface area contributed by atoms with E-state index in [4.69, 9.17) is 15.6 Å². The molecule has 0 unspecified atom stereocenters. The lowest BCUT2D eigenvalue weighted by molar-refractivity contribution is -0.136. The standard InChI is InChI=1S/C30H28N4O3/c1-18-8-9-20(16-29(35)36)28(14-18)37-17-26-25-15-19(10-11-27(25)34(33-26)21-4-2-5-21)22-6-3-7-24-23(22)12-13-32-30(24)31/h3,6-15,21H,2,4-5,16-17H2,1H3,(H2,31,32)(H,35,36). The molecule has 5 aromatic rings. The second-order valence-electron chi connectivity index (χ2n) is 9.78. The number of carboxylic acid groups (broad SMARTS) is 1. The zero-order valence-corrected chi connectivity index (χ0v) is 20.6. The molecule has 186 valence electrons. The molecule has 1 aliphatic carbocycles. The summed E-state index contributed by atoms with van der Waals surface area (Å²) >= 11 is 0. The maximum absolute atomic E-state index is 11.4. The molecule has 1 fully saturated rings. The molecule has 6 rings (SSSR count). The van der Waals surface area contributed by atoms with Crippen molar-refractivity contribution in [3.63, 3.8) is 0 Å². The van der Waals surface area contributed by atoms with Gasteiger partial charge in [0.05, 0.1) is 18.0 Å². The van der Waals surface area contributed by atoms with Gasteiger partial charge in [-0.2, -0.15) is 5.10 Å². The van der Waals surface area contributed by atoms with Crippen molar-refractivity contribution < 1.29 is 14.6 Å². The highest BCUT2D eigenvalue weighted by Gasteiger charge is 2.24. The Bertz CT molecular complexity index is 1650. The highest BCUT2D eigenvalue weighted by Crippen LogP contribution is 2.37. The van der Waals surface area contributed by atoms with Gasteiger partial charge in [0.15, 0.2) is 0 Å². The summed E-state index contributed by atoms with van der Waals surface area (Å²) in [5.41, 5.74) is 11.9. The van der Waals surface area contributed by atoms with Crippen LogP contribution < -0.4 is 10.5 Å². The number of benzene rings is 3. The summed E-state index contributed by atoms with van der Waals surface area (Å²) in [5, 5.41) is 17.3. The minimum Gasteiger partial charge on any atom is -0.487 e. The molecule has 0 amide bonds. The second-order valence-corrected chi connectivity index (χ2v) is 9.78. The summed E-state index contributed by atoms with van der Waals surface area (Å²) in [5.74, 6) is 0.216. The zero-order valence-electron chi connectivity index (χ0n) is 20.6. The van der Waals surface area contributed by atoms with E-state index in [9.17, 15) is 9.90 Å². The number of hydrogen-bond acceptors (Lipinski definition) is 5. The predicted octanol–water partition coefficient (Wildman–Crippen LogP) is 6.07. The van der Waals surface area contributed by atoms with Crippen molar-refractivity contribution in [3.05, 3.63) is 83.7 Å². The Morgan fingerprint density at radius 2 is 1.95 bits per heavy atom. The first kappa shape index (κ1) is 23.0. The van der Waals surface area contributed by atoms with Gasteiger partial charge in [0, 0.05) is 22.5 Å². The molecule has 3 aromatic carbocycles. The molecular weight excluding hydrogens is 464 g/mol. The van der Waals surface area contributed by atoms with E-state index in [-0.39, 0.29) is 13.0 Å². The number of nitrogen functional groups attached to an aromatic ring is 1. The van der Waals surface area contributed by atoms with Crippen molar-refractivity contribution in [1.82, 2.24) is 14.8 Å². The number of hydrogen-bond donors (Lipinski definition) is 2. The Morgan fingerprint density at radius 1 is 1.08 bits per heavy atom. The quantitative estimate of drug-likeness (QED) is 0.286. The van der Waals surface area contributed by atoms with E-state index in [0.717, 1.165) is 56.9 Å². The number of pyridine rings is 1. The number of nitrogens with zero attached hydrogens (tertiary/aromatic N) is 3. The smallest absolute Gasteiger partial charge is 0.307 e. The Labute approximate surface area is 214 Å². The van der Waals surface area contributed by atoms with E-state index in [1.165, 1.54) is 6.42 Å². The SMILES string of the molecule is Cc1ccc(CC(=O)O)c(OCc2nn(C3CCC3)c3ccc(-c4cccc5c(N)nccc45)cc23)c1. The first-order valence-electron chi connectivity index (χ1n) is 12.6. The van der Waals surface area contributed by atoms with Gasteiger partial charge in [0.25, 0.3) is 0 Å². The number of aliphatic carboxylic acids is 1. The fraction of sp³-hybridized carbons (Fsp3) is 0.233. The normalized spacial score (nSPS) is 13.6. The van der Waals surface area contributed by atoms with Gasteiger partial charge in [-0.1, -0.05) is 36.4 Å². The van der Waals surface area contributed by atoms with Crippen molar-refractivity contribution in [2.24, 2.45) is 0 Å². The number of rotatable bonds is 7. The molecule has 7 heteroatoms. The van der Waals surface area contributed by atoms with Crippen LogP contribution in [-0.4, -0.2) is 25.8 Å². The molecule has 7 nitrogen and oxygen atoms in total. The first-order chi connectivity index (χ1) is 18.0. The first-order valence-corrected chi connectivity index (χ1v) is 12.6. The van der Waals surface area contributed by atoms with Gasteiger partial charge in [0.1, 0.15) is 23.9 Å². The lowest BCUT2D eigenvalue weighted by Crippen LogP contribution is -2.18. The van der Waals surface area contributed by atoms with Crippen LogP contribution in [0.25, 0.3) is 32.8 Å². The summed E-state index contributed by atoms with van der Waals surface area (Å²) in [4.78, 5) is 15.6. The molecular formula is C30H28N4O3. The van der Waals surface area contributed by atoms with Crippen LogP contribution in [0.4, 0.5) is 5.82 Å². The number of carbonyl (C=O) groups is 1. The van der Waals surface area contributed by atoms with E-state index in [1.807, 2.05) is 43.3 Å². The molecule has 1 aliphatic rings. The van der Waals surface area contributed by atoms with Gasteiger partial charge < -0.3 is 15.6 Å². The van der Waals surface area contributed by atoms with Gasteiger partial charge in [0.2, 0.25) is 0 Å². The molecule has 0 atom stereocenters. The van der Waals surface area contributed by atoms with Crippen LogP contribution in [0, 0.1) is 6.92 Å². The van der Waals surface area contributed by atoms with Gasteiger partial charge in [-0.3, -0.25) is 9.48 Å². The van der Waals surface area contributed by atoms with Crippen molar-refractivity contribution in [2.45, 2.75) is 45.3 Å². The van der Waals surface area contributed by atoms with E-state index < -0.39 is 5.97 Å². The minimum atomic E-state index is -0.885. The zero-order chi connectivity index (χ0) is 25.5. The third kappa shape index (κ3) is 4.27. The average molecular weight is 493 g/mol. The number of carboxylic acids is 1. The molecule has 3 N–H and O–H groups in total. The third-order valence-corrected chi connectivity index (χ3v) is 7.28. The fourth-order valence-electron chi connectivity index (χ4n) is 5.12. The predicted molar refractivity (Wildman–Crippen MR) is 145 cm³/mol. The second kappa shape index (κ2) is 9.24. The van der Waals surface area contributed by atoms with Crippen LogP contribution >= 0.6 is 0 Å². The molecule has 1 saturated carbocycles. The molecule has 0 saturated heterocycles. The molecule has 0 radical (unpaired) electrons. The van der Waals surface area contributed by atoms with E-state index in [0.29, 0.717) is 23.2 Å². The molecule has 2 heterocycles. The van der Waals surface area contributed by atoms with Crippen molar-refractivity contribution in [2.75, 3.05) is 5.73 Å².